The van der Waals surface area contributed by atoms with Gasteiger partial charge in [0.25, 0.3) is 0 Å². The van der Waals surface area contributed by atoms with Crippen molar-refractivity contribution in [3.63, 3.8) is 0 Å². The SMILES string of the molecule is Cc1cnc(NCCS(C)(=O)=O)[nH]1. The van der Waals surface area contributed by atoms with Crippen LogP contribution in [0, 0.1) is 6.92 Å². The number of nitrogens with zero attached hydrogens (tertiary/aromatic N) is 1. The van der Waals surface area contributed by atoms with E-state index in [1.807, 2.05) is 6.92 Å². The predicted octanol–water partition coefficient (Wildman–Crippen LogP) is 0.175. The summed E-state index contributed by atoms with van der Waals surface area (Å²) in [5.41, 5.74) is 0.946. The van der Waals surface area contributed by atoms with E-state index in [1.54, 1.807) is 6.20 Å². The third-order valence-corrected chi connectivity index (χ3v) is 2.41. The van der Waals surface area contributed by atoms with Crippen LogP contribution < -0.4 is 5.32 Å². The van der Waals surface area contributed by atoms with Crippen LogP contribution in [-0.4, -0.2) is 36.9 Å². The quantitative estimate of drug-likeness (QED) is 0.731. The summed E-state index contributed by atoms with van der Waals surface area (Å²) in [6, 6.07) is 0. The predicted molar refractivity (Wildman–Crippen MR) is 51.5 cm³/mol. The molecule has 6 heteroatoms. The minimum atomic E-state index is -2.89. The highest BCUT2D eigenvalue weighted by molar-refractivity contribution is 7.90. The molecule has 74 valence electrons. The molecule has 0 amide bonds. The van der Waals surface area contributed by atoms with E-state index in [0.29, 0.717) is 12.5 Å². The maximum absolute atomic E-state index is 10.8. The molecule has 5 nitrogen and oxygen atoms in total. The topological polar surface area (TPSA) is 74.8 Å². The fourth-order valence-electron chi connectivity index (χ4n) is 0.857. The fraction of sp³-hybridized carbons (Fsp3) is 0.571. The molecule has 0 aliphatic heterocycles. The summed E-state index contributed by atoms with van der Waals surface area (Å²) in [5.74, 6) is 0.730. The van der Waals surface area contributed by atoms with E-state index in [-0.39, 0.29) is 5.75 Å². The second kappa shape index (κ2) is 3.78. The van der Waals surface area contributed by atoms with Crippen molar-refractivity contribution >= 4 is 15.8 Å². The van der Waals surface area contributed by atoms with E-state index in [9.17, 15) is 8.42 Å². The Morgan fingerprint density at radius 1 is 1.62 bits per heavy atom. The van der Waals surface area contributed by atoms with E-state index < -0.39 is 9.84 Å². The van der Waals surface area contributed by atoms with Gasteiger partial charge in [-0.15, -0.1) is 0 Å². The van der Waals surface area contributed by atoms with Gasteiger partial charge in [0.15, 0.2) is 5.95 Å². The van der Waals surface area contributed by atoms with Crippen molar-refractivity contribution in [1.29, 1.82) is 0 Å². The molecule has 0 radical (unpaired) electrons. The molecule has 0 fully saturated rings. The average molecular weight is 203 g/mol. The van der Waals surface area contributed by atoms with Gasteiger partial charge in [0, 0.05) is 24.7 Å². The van der Waals surface area contributed by atoms with Crippen molar-refractivity contribution in [1.82, 2.24) is 9.97 Å². The molecule has 1 rings (SSSR count). The molecular formula is C7H13N3O2S. The molecule has 1 heterocycles. The lowest BCUT2D eigenvalue weighted by Gasteiger charge is -2.00. The van der Waals surface area contributed by atoms with Gasteiger partial charge < -0.3 is 10.3 Å². The molecule has 0 bridgehead atoms. The number of imidazole rings is 1. The summed E-state index contributed by atoms with van der Waals surface area (Å²) in [7, 11) is -2.89. The molecule has 0 unspecified atom stereocenters. The molecule has 13 heavy (non-hydrogen) atoms. The highest BCUT2D eigenvalue weighted by atomic mass is 32.2. The van der Waals surface area contributed by atoms with Gasteiger partial charge in [0.1, 0.15) is 9.84 Å². The molecule has 1 aromatic rings. The number of H-pyrrole nitrogens is 1. The van der Waals surface area contributed by atoms with Crippen molar-refractivity contribution in [2.45, 2.75) is 6.92 Å². The Balaban J connectivity index is 2.36. The Hall–Kier alpha value is -1.04. The number of anilines is 1. The van der Waals surface area contributed by atoms with Gasteiger partial charge in [-0.3, -0.25) is 0 Å². The number of sulfone groups is 1. The van der Waals surface area contributed by atoms with Crippen molar-refractivity contribution in [3.8, 4) is 0 Å². The average Bonchev–Trinajstić information content (AvgIpc) is 2.33. The van der Waals surface area contributed by atoms with Crippen molar-refractivity contribution < 1.29 is 8.42 Å². The molecule has 2 N–H and O–H groups in total. The first-order valence-corrected chi connectivity index (χ1v) is 5.96. The lowest BCUT2D eigenvalue weighted by Crippen LogP contribution is -2.14. The zero-order valence-corrected chi connectivity index (χ0v) is 8.48. The van der Waals surface area contributed by atoms with E-state index >= 15 is 0 Å². The number of aromatic nitrogens is 2. The van der Waals surface area contributed by atoms with Crippen LogP contribution in [0.4, 0.5) is 5.95 Å². The smallest absolute Gasteiger partial charge is 0.200 e. The van der Waals surface area contributed by atoms with Crippen molar-refractivity contribution in [2.24, 2.45) is 0 Å². The molecule has 0 aliphatic carbocycles. The summed E-state index contributed by atoms with van der Waals surface area (Å²) in [4.78, 5) is 6.92. The molecule has 0 atom stereocenters. The van der Waals surface area contributed by atoms with E-state index in [1.165, 1.54) is 6.26 Å². The molecule has 0 saturated heterocycles. The standard InChI is InChI=1S/C7H13N3O2S/c1-6-5-9-7(10-6)8-3-4-13(2,11)12/h5H,3-4H2,1-2H3,(H2,8,9,10). The van der Waals surface area contributed by atoms with Crippen molar-refractivity contribution in [3.05, 3.63) is 11.9 Å². The number of hydrogen-bond acceptors (Lipinski definition) is 4. The van der Waals surface area contributed by atoms with Gasteiger partial charge in [0.05, 0.1) is 5.75 Å². The van der Waals surface area contributed by atoms with E-state index in [4.69, 9.17) is 0 Å². The minimum Gasteiger partial charge on any atom is -0.355 e. The van der Waals surface area contributed by atoms with Crippen LogP contribution in [0.1, 0.15) is 5.69 Å². The monoisotopic (exact) mass is 203 g/mol. The zero-order valence-electron chi connectivity index (χ0n) is 7.66. The van der Waals surface area contributed by atoms with Crippen LogP contribution in [0.5, 0.6) is 0 Å². The third kappa shape index (κ3) is 3.93. The fourth-order valence-corrected chi connectivity index (χ4v) is 1.33. The Morgan fingerprint density at radius 3 is 2.77 bits per heavy atom. The maximum atomic E-state index is 10.8. The molecular weight excluding hydrogens is 190 g/mol. The van der Waals surface area contributed by atoms with Crippen LogP contribution >= 0.6 is 0 Å². The molecule has 0 aliphatic rings. The van der Waals surface area contributed by atoms with Gasteiger partial charge in [-0.25, -0.2) is 13.4 Å². The largest absolute Gasteiger partial charge is 0.355 e. The second-order valence-electron chi connectivity index (χ2n) is 2.97. The zero-order chi connectivity index (χ0) is 9.90. The molecule has 0 aromatic carbocycles. The molecule has 1 aromatic heterocycles. The Bertz CT molecular complexity index is 369. The molecule has 0 spiro atoms. The summed E-state index contributed by atoms with van der Waals surface area (Å²) in [6.07, 6.45) is 2.89. The lowest BCUT2D eigenvalue weighted by atomic mass is 10.6. The summed E-state index contributed by atoms with van der Waals surface area (Å²) in [5, 5.41) is 2.88. The van der Waals surface area contributed by atoms with Crippen LogP contribution in [0.25, 0.3) is 0 Å². The van der Waals surface area contributed by atoms with Gasteiger partial charge in [-0.2, -0.15) is 0 Å². The highest BCUT2D eigenvalue weighted by Crippen LogP contribution is 1.99. The van der Waals surface area contributed by atoms with Crippen LogP contribution in [0.15, 0.2) is 6.20 Å². The number of aryl methyl sites for hydroxylation is 1. The summed E-state index contributed by atoms with van der Waals surface area (Å²) in [6.45, 7) is 2.26. The lowest BCUT2D eigenvalue weighted by molar-refractivity contribution is 0.602. The Kier molecular flexibility index (Phi) is 2.92. The van der Waals surface area contributed by atoms with Crippen LogP contribution in [0.3, 0.4) is 0 Å². The van der Waals surface area contributed by atoms with Crippen LogP contribution in [0.2, 0.25) is 0 Å². The number of hydrogen-bond donors (Lipinski definition) is 2. The first-order valence-electron chi connectivity index (χ1n) is 3.90. The Labute approximate surface area is 77.5 Å². The summed E-state index contributed by atoms with van der Waals surface area (Å²) >= 11 is 0. The second-order valence-corrected chi connectivity index (χ2v) is 5.23. The Morgan fingerprint density at radius 2 is 2.31 bits per heavy atom. The van der Waals surface area contributed by atoms with Gasteiger partial charge >= 0.3 is 0 Å². The third-order valence-electron chi connectivity index (χ3n) is 1.47. The van der Waals surface area contributed by atoms with Crippen LogP contribution in [-0.2, 0) is 9.84 Å². The number of aromatic amines is 1. The van der Waals surface area contributed by atoms with E-state index in [0.717, 1.165) is 5.69 Å². The van der Waals surface area contributed by atoms with Crippen molar-refractivity contribution in [2.75, 3.05) is 23.9 Å². The highest BCUT2D eigenvalue weighted by Gasteiger charge is 2.01. The van der Waals surface area contributed by atoms with Gasteiger partial charge in [0.2, 0.25) is 0 Å². The maximum Gasteiger partial charge on any atom is 0.200 e. The van der Waals surface area contributed by atoms with Gasteiger partial charge in [-0.1, -0.05) is 0 Å². The number of rotatable bonds is 4. The van der Waals surface area contributed by atoms with E-state index in [2.05, 4.69) is 15.3 Å². The first-order chi connectivity index (χ1) is 5.97. The first kappa shape index (κ1) is 10.0. The minimum absolute atomic E-state index is 0.118. The van der Waals surface area contributed by atoms with Gasteiger partial charge in [-0.05, 0) is 6.92 Å². The molecule has 0 saturated carbocycles. The summed E-state index contributed by atoms with van der Waals surface area (Å²) < 4.78 is 21.5. The number of nitrogens with one attached hydrogen (secondary N) is 2. The normalized spacial score (nSPS) is 11.5.